The van der Waals surface area contributed by atoms with E-state index in [0.717, 1.165) is 5.56 Å². The molecule has 2 aromatic carbocycles. The van der Waals surface area contributed by atoms with Crippen molar-refractivity contribution in [1.82, 2.24) is 10.6 Å². The van der Waals surface area contributed by atoms with Gasteiger partial charge >= 0.3 is 17.7 Å². The highest BCUT2D eigenvalue weighted by atomic mass is 16.6. The van der Waals surface area contributed by atoms with Gasteiger partial charge < -0.3 is 24.8 Å². The molecule has 35 heavy (non-hydrogen) atoms. The maximum atomic E-state index is 13.2. The molecule has 10 nitrogen and oxygen atoms in total. The van der Waals surface area contributed by atoms with Crippen LogP contribution in [0.1, 0.15) is 50.8 Å². The Balaban J connectivity index is 2.04. The Morgan fingerprint density at radius 2 is 1.71 bits per heavy atom. The Labute approximate surface area is 203 Å². The summed E-state index contributed by atoms with van der Waals surface area (Å²) in [5.74, 6) is -0.336. The third-order valence-electron chi connectivity index (χ3n) is 5.22. The Morgan fingerprint density at radius 3 is 2.34 bits per heavy atom. The lowest BCUT2D eigenvalue weighted by Gasteiger charge is -2.29. The molecule has 10 heteroatoms. The van der Waals surface area contributed by atoms with Crippen LogP contribution in [0.25, 0.3) is 0 Å². The van der Waals surface area contributed by atoms with Gasteiger partial charge in [0.2, 0.25) is 5.75 Å². The van der Waals surface area contributed by atoms with Crippen LogP contribution >= 0.6 is 0 Å². The smallest absolute Gasteiger partial charge is 0.338 e. The van der Waals surface area contributed by atoms with Crippen LogP contribution in [0, 0.1) is 10.1 Å². The van der Waals surface area contributed by atoms with Gasteiger partial charge in [0.25, 0.3) is 0 Å². The third-order valence-corrected chi connectivity index (χ3v) is 5.22. The number of rotatable bonds is 11. The van der Waals surface area contributed by atoms with Gasteiger partial charge in [-0.25, -0.2) is 9.59 Å². The maximum Gasteiger partial charge on any atom is 0.338 e. The topological polar surface area (TPSA) is 129 Å². The molecule has 1 atom stereocenters. The summed E-state index contributed by atoms with van der Waals surface area (Å²) in [7, 11) is 0. The number of nitrogens with zero attached hydrogens (tertiary/aromatic N) is 1. The highest BCUT2D eigenvalue weighted by molar-refractivity contribution is 5.95. The fraction of sp³-hybridized carbons (Fsp3) is 0.360. The van der Waals surface area contributed by atoms with Crippen molar-refractivity contribution in [3.8, 4) is 11.5 Å². The summed E-state index contributed by atoms with van der Waals surface area (Å²) < 4.78 is 17.0. The summed E-state index contributed by atoms with van der Waals surface area (Å²) in [5.41, 5.74) is 1.17. The highest BCUT2D eigenvalue weighted by Crippen LogP contribution is 2.41. The van der Waals surface area contributed by atoms with Gasteiger partial charge in [-0.15, -0.1) is 0 Å². The normalized spacial score (nSPS) is 15.2. The van der Waals surface area contributed by atoms with Gasteiger partial charge in [0, 0.05) is 23.4 Å². The number of urea groups is 1. The van der Waals surface area contributed by atoms with Crippen LogP contribution in [-0.4, -0.2) is 30.1 Å². The molecule has 0 aromatic heterocycles. The Morgan fingerprint density at radius 1 is 1.06 bits per heavy atom. The highest BCUT2D eigenvalue weighted by Gasteiger charge is 2.36. The van der Waals surface area contributed by atoms with Crippen molar-refractivity contribution in [1.29, 1.82) is 0 Å². The maximum absolute atomic E-state index is 13.2. The van der Waals surface area contributed by atoms with Crippen molar-refractivity contribution in [3.05, 3.63) is 75.0 Å². The second kappa shape index (κ2) is 11.9. The van der Waals surface area contributed by atoms with Crippen molar-refractivity contribution in [2.24, 2.45) is 0 Å². The van der Waals surface area contributed by atoms with Gasteiger partial charge in [0.05, 0.1) is 29.8 Å². The molecule has 0 spiro atoms. The lowest BCUT2D eigenvalue weighted by molar-refractivity contribution is -0.386. The number of hydrogen-bond donors (Lipinski definition) is 2. The Bertz CT molecular complexity index is 1120. The molecule has 1 aliphatic heterocycles. The summed E-state index contributed by atoms with van der Waals surface area (Å²) in [6.07, 6.45) is 1.34. The lowest BCUT2D eigenvalue weighted by Crippen LogP contribution is -2.45. The molecule has 1 heterocycles. The number of nitro groups is 1. The minimum atomic E-state index is -1.03. The largest absolute Gasteiger partial charge is 0.493 e. The van der Waals surface area contributed by atoms with Crippen molar-refractivity contribution in [2.45, 2.75) is 46.3 Å². The molecular formula is C25H29N3O7. The van der Waals surface area contributed by atoms with E-state index < -0.39 is 23.0 Å². The van der Waals surface area contributed by atoms with Crippen molar-refractivity contribution >= 4 is 17.7 Å². The molecule has 2 amide bonds. The van der Waals surface area contributed by atoms with E-state index in [1.54, 1.807) is 6.92 Å². The van der Waals surface area contributed by atoms with E-state index in [2.05, 4.69) is 10.6 Å². The van der Waals surface area contributed by atoms with Crippen LogP contribution < -0.4 is 20.1 Å². The molecule has 0 bridgehead atoms. The number of nitro benzene ring substituents is 1. The average Bonchev–Trinajstić information content (AvgIpc) is 2.84. The number of carbonyl (C=O) groups excluding carboxylic acids is 2. The molecule has 0 radical (unpaired) electrons. The number of amides is 2. The van der Waals surface area contributed by atoms with Crippen LogP contribution in [0.3, 0.4) is 0 Å². The fourth-order valence-corrected chi connectivity index (χ4v) is 3.60. The molecule has 0 saturated carbocycles. The molecule has 0 fully saturated rings. The first-order valence-electron chi connectivity index (χ1n) is 11.4. The first-order valence-corrected chi connectivity index (χ1v) is 11.4. The number of benzene rings is 2. The molecule has 0 aliphatic carbocycles. The van der Waals surface area contributed by atoms with E-state index in [9.17, 15) is 19.7 Å². The second-order valence-corrected chi connectivity index (χ2v) is 7.94. The summed E-state index contributed by atoms with van der Waals surface area (Å²) in [6, 6.07) is 10.3. The van der Waals surface area contributed by atoms with Crippen molar-refractivity contribution in [2.75, 3.05) is 13.2 Å². The van der Waals surface area contributed by atoms with E-state index >= 15 is 0 Å². The zero-order valence-corrected chi connectivity index (χ0v) is 20.0. The number of esters is 1. The second-order valence-electron chi connectivity index (χ2n) is 7.94. The van der Waals surface area contributed by atoms with Crippen LogP contribution in [0.15, 0.2) is 53.7 Å². The van der Waals surface area contributed by atoms with Gasteiger partial charge in [0.15, 0.2) is 0 Å². The first-order chi connectivity index (χ1) is 16.8. The molecule has 3 rings (SSSR count). The van der Waals surface area contributed by atoms with E-state index in [-0.39, 0.29) is 47.2 Å². The lowest BCUT2D eigenvalue weighted by atomic mass is 9.94. The number of hydrogen-bond acceptors (Lipinski definition) is 7. The molecule has 0 saturated heterocycles. The molecule has 2 aromatic rings. The predicted octanol–water partition coefficient (Wildman–Crippen LogP) is 4.54. The third kappa shape index (κ3) is 6.28. The van der Waals surface area contributed by atoms with Crippen LogP contribution in [0.2, 0.25) is 0 Å². The van der Waals surface area contributed by atoms with Crippen molar-refractivity contribution < 1.29 is 28.7 Å². The standard InChI is InChI=1S/C25H29N3O7/c1-4-11-33-20-14-21(34-12-5-2)19(28(31)32)13-18(20)23-22(16(3)26-25(30)27-23)24(29)35-15-17-9-7-6-8-10-17/h6-10,13-14,23H,4-5,11-12,15H2,1-3H3,(H2,26,27,30). The van der Waals surface area contributed by atoms with Gasteiger partial charge in [-0.2, -0.15) is 0 Å². The van der Waals surface area contributed by atoms with Gasteiger partial charge in [-0.1, -0.05) is 44.2 Å². The fourth-order valence-electron chi connectivity index (χ4n) is 3.60. The minimum absolute atomic E-state index is 0.0280. The summed E-state index contributed by atoms with van der Waals surface area (Å²) in [6.45, 7) is 6.02. The Kier molecular flexibility index (Phi) is 8.66. The van der Waals surface area contributed by atoms with E-state index in [4.69, 9.17) is 14.2 Å². The van der Waals surface area contributed by atoms with E-state index in [1.807, 2.05) is 44.2 Å². The number of nitrogens with one attached hydrogen (secondary N) is 2. The van der Waals surface area contributed by atoms with Crippen LogP contribution in [-0.2, 0) is 16.1 Å². The summed E-state index contributed by atoms with van der Waals surface area (Å²) >= 11 is 0. The van der Waals surface area contributed by atoms with Gasteiger partial charge in [-0.3, -0.25) is 10.1 Å². The van der Waals surface area contributed by atoms with Gasteiger partial charge in [-0.05, 0) is 25.3 Å². The molecule has 1 unspecified atom stereocenters. The zero-order chi connectivity index (χ0) is 25.4. The van der Waals surface area contributed by atoms with E-state index in [1.165, 1.54) is 12.1 Å². The molecule has 186 valence electrons. The molecule has 1 aliphatic rings. The minimum Gasteiger partial charge on any atom is -0.493 e. The first kappa shape index (κ1) is 25.5. The number of carbonyl (C=O) groups is 2. The summed E-state index contributed by atoms with van der Waals surface area (Å²) in [5, 5.41) is 17.1. The molecule has 2 N–H and O–H groups in total. The van der Waals surface area contributed by atoms with Crippen LogP contribution in [0.4, 0.5) is 10.5 Å². The monoisotopic (exact) mass is 483 g/mol. The number of ether oxygens (including phenoxy) is 3. The summed E-state index contributed by atoms with van der Waals surface area (Å²) in [4.78, 5) is 36.8. The molecular weight excluding hydrogens is 454 g/mol. The Hall–Kier alpha value is -4.08. The van der Waals surface area contributed by atoms with Crippen LogP contribution in [0.5, 0.6) is 11.5 Å². The zero-order valence-electron chi connectivity index (χ0n) is 20.0. The van der Waals surface area contributed by atoms with Gasteiger partial charge in [0.1, 0.15) is 12.4 Å². The predicted molar refractivity (Wildman–Crippen MR) is 128 cm³/mol. The average molecular weight is 484 g/mol. The SMILES string of the molecule is CCCOc1cc(OCCC)c([N+](=O)[O-])cc1C1NC(=O)NC(C)=C1C(=O)OCc1ccccc1. The number of allylic oxidation sites excluding steroid dienone is 1. The van der Waals surface area contributed by atoms with Crippen molar-refractivity contribution in [3.63, 3.8) is 0 Å². The van der Waals surface area contributed by atoms with E-state index in [0.29, 0.717) is 19.4 Å². The quantitative estimate of drug-likeness (QED) is 0.273.